The van der Waals surface area contributed by atoms with Gasteiger partial charge in [0.25, 0.3) is 0 Å². The summed E-state index contributed by atoms with van der Waals surface area (Å²) < 4.78 is 6.01. The van der Waals surface area contributed by atoms with Gasteiger partial charge in [-0.2, -0.15) is 0 Å². The molecule has 3 atom stereocenters. The van der Waals surface area contributed by atoms with Gasteiger partial charge in [-0.1, -0.05) is 47.0 Å². The first-order valence-corrected chi connectivity index (χ1v) is 8.46. The minimum Gasteiger partial charge on any atom is -0.457 e. The van der Waals surface area contributed by atoms with Gasteiger partial charge in [-0.3, -0.25) is 0 Å². The third-order valence-electron chi connectivity index (χ3n) is 5.37. The van der Waals surface area contributed by atoms with E-state index in [-0.39, 0.29) is 0 Å². The molecule has 1 aliphatic carbocycles. The Morgan fingerprint density at radius 3 is 2.70 bits per heavy atom. The monoisotopic (exact) mass is 272 g/mol. The average Bonchev–Trinajstić information content (AvgIpc) is 2.98. The highest BCUT2D eigenvalue weighted by Gasteiger charge is 2.36. The van der Waals surface area contributed by atoms with Gasteiger partial charge in [-0.05, 0) is 54.2 Å². The molecule has 1 fully saturated rings. The summed E-state index contributed by atoms with van der Waals surface area (Å²) in [5, 5.41) is 0. The molecule has 0 N–H and O–H groups in total. The van der Waals surface area contributed by atoms with Crippen molar-refractivity contribution in [3.05, 3.63) is 23.3 Å². The number of furan rings is 2. The van der Waals surface area contributed by atoms with Crippen LogP contribution in [0.4, 0.5) is 0 Å². The third kappa shape index (κ3) is 2.25. The lowest BCUT2D eigenvalue weighted by Gasteiger charge is -2.39. The summed E-state index contributed by atoms with van der Waals surface area (Å²) in [4.78, 5) is 0. The van der Waals surface area contributed by atoms with Crippen LogP contribution >= 0.6 is 0 Å². The second-order valence-corrected chi connectivity index (χ2v) is 7.19. The van der Waals surface area contributed by atoms with Gasteiger partial charge in [0.1, 0.15) is 11.2 Å². The van der Waals surface area contributed by atoms with Gasteiger partial charge in [0.2, 0.25) is 0 Å². The molecule has 1 saturated carbocycles. The summed E-state index contributed by atoms with van der Waals surface area (Å²) in [6.45, 7) is 9.50. The van der Waals surface area contributed by atoms with E-state index in [4.69, 9.17) is 4.42 Å². The van der Waals surface area contributed by atoms with Crippen LogP contribution in [-0.2, 0) is 6.42 Å². The minimum absolute atomic E-state index is 0.715. The fourth-order valence-electron chi connectivity index (χ4n) is 4.64. The first-order valence-electron chi connectivity index (χ1n) is 8.46. The third-order valence-corrected chi connectivity index (χ3v) is 5.37. The quantitative estimate of drug-likeness (QED) is 0.665. The molecule has 3 unspecified atom stereocenters. The molecule has 0 aliphatic heterocycles. The van der Waals surface area contributed by atoms with Crippen LogP contribution in [0.1, 0.15) is 70.4 Å². The summed E-state index contributed by atoms with van der Waals surface area (Å²) >= 11 is 0. The van der Waals surface area contributed by atoms with Gasteiger partial charge in [-0.25, -0.2) is 0 Å². The highest BCUT2D eigenvalue weighted by molar-refractivity contribution is 5.72. The van der Waals surface area contributed by atoms with Gasteiger partial charge in [0.05, 0.1) is 0 Å². The molecule has 2 bridgehead atoms. The van der Waals surface area contributed by atoms with Crippen molar-refractivity contribution in [3.63, 3.8) is 0 Å². The van der Waals surface area contributed by atoms with Gasteiger partial charge in [0.15, 0.2) is 0 Å². The highest BCUT2D eigenvalue weighted by Crippen LogP contribution is 2.48. The normalized spacial score (nSPS) is 27.8. The lowest BCUT2D eigenvalue weighted by atomic mass is 9.65. The molecule has 0 aromatic carbocycles. The lowest BCUT2D eigenvalue weighted by Crippen LogP contribution is -2.29. The molecule has 2 aromatic rings. The molecule has 2 aromatic heterocycles. The summed E-state index contributed by atoms with van der Waals surface area (Å²) in [7, 11) is 0. The van der Waals surface area contributed by atoms with Crippen molar-refractivity contribution in [2.45, 2.75) is 65.7 Å². The highest BCUT2D eigenvalue weighted by atomic mass is 16.3. The maximum Gasteiger partial charge on any atom is 0.134 e. The Labute approximate surface area is 123 Å². The van der Waals surface area contributed by atoms with Crippen LogP contribution in [0.15, 0.2) is 16.5 Å². The van der Waals surface area contributed by atoms with Crippen LogP contribution in [0.3, 0.4) is 0 Å². The van der Waals surface area contributed by atoms with E-state index in [0.717, 1.165) is 29.8 Å². The lowest BCUT2D eigenvalue weighted by molar-refractivity contribution is 0.164. The number of benzene rings is 1. The maximum atomic E-state index is 6.01. The molecular weight excluding hydrogens is 244 g/mol. The molecule has 20 heavy (non-hydrogen) atoms. The van der Waals surface area contributed by atoms with E-state index in [1.807, 2.05) is 0 Å². The molecule has 1 aliphatic rings. The molecule has 0 amide bonds. The topological polar surface area (TPSA) is 13.1 Å². The minimum atomic E-state index is 0.715. The molecule has 3 rings (SSSR count). The van der Waals surface area contributed by atoms with E-state index in [1.54, 1.807) is 0 Å². The molecule has 0 saturated heterocycles. The summed E-state index contributed by atoms with van der Waals surface area (Å²) in [5.74, 6) is 3.14. The zero-order chi connectivity index (χ0) is 14.3. The van der Waals surface area contributed by atoms with E-state index in [2.05, 4.69) is 39.8 Å². The Hall–Kier alpha value is -0.980. The predicted molar refractivity (Wildman–Crippen MR) is 85.5 cm³/mol. The zero-order valence-corrected chi connectivity index (χ0v) is 13.4. The van der Waals surface area contributed by atoms with E-state index in [1.165, 1.54) is 42.4 Å². The molecule has 0 spiro atoms. The molecular formula is C19H28O. The Morgan fingerprint density at radius 2 is 2.05 bits per heavy atom. The van der Waals surface area contributed by atoms with E-state index in [0.29, 0.717) is 5.92 Å². The fourth-order valence-corrected chi connectivity index (χ4v) is 4.64. The number of hydrogen-bond acceptors (Lipinski definition) is 1. The van der Waals surface area contributed by atoms with Crippen LogP contribution < -0.4 is 0 Å². The van der Waals surface area contributed by atoms with Crippen molar-refractivity contribution in [1.29, 1.82) is 0 Å². The fraction of sp³-hybridized carbons (Fsp3) is 0.684. The summed E-state index contributed by atoms with van der Waals surface area (Å²) in [5.41, 5.74) is 5.29. The van der Waals surface area contributed by atoms with E-state index >= 15 is 0 Å². The Balaban J connectivity index is 1.97. The first-order chi connectivity index (χ1) is 9.61. The number of fused-ring (bicyclic) bond motifs is 2. The van der Waals surface area contributed by atoms with Crippen molar-refractivity contribution < 1.29 is 4.42 Å². The van der Waals surface area contributed by atoms with Gasteiger partial charge in [-0.15, -0.1) is 0 Å². The SMILES string of the molecule is CCCc1cc2cc(C3CCCC(C)C3C(C)C)c1o2. The van der Waals surface area contributed by atoms with Crippen LogP contribution in [0.25, 0.3) is 11.2 Å². The zero-order valence-electron chi connectivity index (χ0n) is 13.4. The molecule has 1 heteroatoms. The van der Waals surface area contributed by atoms with E-state index < -0.39 is 0 Å². The van der Waals surface area contributed by atoms with Crippen LogP contribution in [-0.4, -0.2) is 0 Å². The summed E-state index contributed by atoms with van der Waals surface area (Å²) in [6.07, 6.45) is 6.48. The van der Waals surface area contributed by atoms with Crippen molar-refractivity contribution in [2.24, 2.45) is 17.8 Å². The first kappa shape index (κ1) is 14.0. The second-order valence-electron chi connectivity index (χ2n) is 7.19. The van der Waals surface area contributed by atoms with Crippen LogP contribution in [0, 0.1) is 17.8 Å². The maximum absolute atomic E-state index is 6.01. The largest absolute Gasteiger partial charge is 0.457 e. The average molecular weight is 272 g/mol. The van der Waals surface area contributed by atoms with Crippen LogP contribution in [0.5, 0.6) is 0 Å². The van der Waals surface area contributed by atoms with Crippen molar-refractivity contribution in [2.75, 3.05) is 0 Å². The van der Waals surface area contributed by atoms with Crippen LogP contribution in [0.2, 0.25) is 0 Å². The second kappa shape index (κ2) is 5.42. The van der Waals surface area contributed by atoms with Gasteiger partial charge < -0.3 is 4.42 Å². The Morgan fingerprint density at radius 1 is 1.25 bits per heavy atom. The van der Waals surface area contributed by atoms with Gasteiger partial charge in [0, 0.05) is 5.56 Å². The number of aryl methyl sites for hydroxylation is 1. The molecule has 1 nitrogen and oxygen atoms in total. The molecule has 2 heterocycles. The number of rotatable bonds is 4. The molecule has 110 valence electrons. The Bertz CT molecular complexity index is 551. The van der Waals surface area contributed by atoms with Crippen molar-refractivity contribution >= 4 is 11.2 Å². The smallest absolute Gasteiger partial charge is 0.134 e. The summed E-state index contributed by atoms with van der Waals surface area (Å²) in [6, 6.07) is 4.57. The standard InChI is InChI=1S/C19H28O/c1-5-7-14-10-15-11-17(19(14)20-15)16-9-6-8-13(4)18(16)12(2)3/h10-13,16,18H,5-9H2,1-4H3. The predicted octanol–water partition coefficient (Wildman–Crippen LogP) is 6.00. The van der Waals surface area contributed by atoms with Crippen molar-refractivity contribution in [3.8, 4) is 0 Å². The van der Waals surface area contributed by atoms with E-state index in [9.17, 15) is 0 Å². The number of hydrogen-bond donors (Lipinski definition) is 0. The van der Waals surface area contributed by atoms with Crippen molar-refractivity contribution in [1.82, 2.24) is 0 Å². The van der Waals surface area contributed by atoms with Gasteiger partial charge >= 0.3 is 0 Å². The molecule has 0 radical (unpaired) electrons. The Kier molecular flexibility index (Phi) is 3.79.